The molecule has 0 aromatic carbocycles. The van der Waals surface area contributed by atoms with Gasteiger partial charge in [0, 0.05) is 12.1 Å². The molecule has 1 aliphatic heterocycles. The lowest BCUT2D eigenvalue weighted by molar-refractivity contribution is 0.0910. The van der Waals surface area contributed by atoms with Gasteiger partial charge in [-0.1, -0.05) is 11.6 Å². The van der Waals surface area contributed by atoms with Gasteiger partial charge >= 0.3 is 0 Å². The lowest BCUT2D eigenvalue weighted by atomic mass is 9.98. The summed E-state index contributed by atoms with van der Waals surface area (Å²) in [6.07, 6.45) is 3.62. The van der Waals surface area contributed by atoms with Gasteiger partial charge in [0.1, 0.15) is 5.69 Å². The molecule has 2 rings (SSSR count). The Morgan fingerprint density at radius 1 is 1.56 bits per heavy atom. The molecule has 4 nitrogen and oxygen atoms in total. The SMILES string of the molecule is CC(C)N1CCCCC1c1cc(CO)no1. The first-order valence-corrected chi connectivity index (χ1v) is 6.04. The lowest BCUT2D eigenvalue weighted by Gasteiger charge is -2.37. The number of hydrogen-bond acceptors (Lipinski definition) is 4. The molecule has 90 valence electrons. The molecule has 1 unspecified atom stereocenters. The summed E-state index contributed by atoms with van der Waals surface area (Å²) in [6, 6.07) is 2.74. The van der Waals surface area contributed by atoms with E-state index in [0.29, 0.717) is 17.8 Å². The van der Waals surface area contributed by atoms with Gasteiger partial charge in [-0.3, -0.25) is 4.90 Å². The second-order valence-electron chi connectivity index (χ2n) is 4.72. The molecule has 0 saturated carbocycles. The van der Waals surface area contributed by atoms with Crippen molar-refractivity contribution in [2.45, 2.75) is 51.8 Å². The van der Waals surface area contributed by atoms with E-state index in [4.69, 9.17) is 9.63 Å². The summed E-state index contributed by atoms with van der Waals surface area (Å²) in [5, 5.41) is 12.8. The average Bonchev–Trinajstić information content (AvgIpc) is 2.77. The van der Waals surface area contributed by atoms with Crippen molar-refractivity contribution in [3.8, 4) is 0 Å². The first-order valence-electron chi connectivity index (χ1n) is 6.04. The van der Waals surface area contributed by atoms with Crippen LogP contribution < -0.4 is 0 Å². The highest BCUT2D eigenvalue weighted by atomic mass is 16.5. The number of aliphatic hydroxyl groups is 1. The predicted octanol–water partition coefficient (Wildman–Crippen LogP) is 2.10. The molecule has 1 aromatic heterocycles. The molecule has 1 atom stereocenters. The third-order valence-corrected chi connectivity index (χ3v) is 3.28. The van der Waals surface area contributed by atoms with E-state index in [1.807, 2.05) is 6.07 Å². The van der Waals surface area contributed by atoms with Crippen LogP contribution >= 0.6 is 0 Å². The number of aliphatic hydroxyl groups excluding tert-OH is 1. The highest BCUT2D eigenvalue weighted by molar-refractivity contribution is 5.09. The van der Waals surface area contributed by atoms with Crippen molar-refractivity contribution in [1.29, 1.82) is 0 Å². The zero-order valence-corrected chi connectivity index (χ0v) is 10.0. The van der Waals surface area contributed by atoms with Crippen LogP contribution in [0.1, 0.15) is 50.6 Å². The number of rotatable bonds is 3. The van der Waals surface area contributed by atoms with Gasteiger partial charge in [0.15, 0.2) is 5.76 Å². The van der Waals surface area contributed by atoms with Crippen LogP contribution in [0.2, 0.25) is 0 Å². The Morgan fingerprint density at radius 3 is 3.00 bits per heavy atom. The normalized spacial score (nSPS) is 22.9. The Morgan fingerprint density at radius 2 is 2.38 bits per heavy atom. The maximum atomic E-state index is 8.99. The van der Waals surface area contributed by atoms with E-state index in [2.05, 4.69) is 23.9 Å². The number of likely N-dealkylation sites (tertiary alicyclic amines) is 1. The molecule has 0 amide bonds. The Labute approximate surface area is 96.2 Å². The van der Waals surface area contributed by atoms with Crippen molar-refractivity contribution < 1.29 is 9.63 Å². The third kappa shape index (κ3) is 2.28. The molecule has 0 radical (unpaired) electrons. The first-order chi connectivity index (χ1) is 7.72. The van der Waals surface area contributed by atoms with E-state index in [9.17, 15) is 0 Å². The zero-order chi connectivity index (χ0) is 11.5. The van der Waals surface area contributed by atoms with Gasteiger partial charge in [-0.05, 0) is 33.2 Å². The molecule has 16 heavy (non-hydrogen) atoms. The van der Waals surface area contributed by atoms with Gasteiger partial charge in [-0.25, -0.2) is 0 Å². The van der Waals surface area contributed by atoms with Gasteiger partial charge in [-0.15, -0.1) is 0 Å². The van der Waals surface area contributed by atoms with E-state index < -0.39 is 0 Å². The van der Waals surface area contributed by atoms with Crippen molar-refractivity contribution in [1.82, 2.24) is 10.1 Å². The van der Waals surface area contributed by atoms with Crippen LogP contribution in [0, 0.1) is 0 Å². The highest BCUT2D eigenvalue weighted by Gasteiger charge is 2.28. The minimum Gasteiger partial charge on any atom is -0.390 e. The van der Waals surface area contributed by atoms with Crippen molar-refractivity contribution in [3.63, 3.8) is 0 Å². The van der Waals surface area contributed by atoms with Crippen LogP contribution in [0.5, 0.6) is 0 Å². The molecule has 1 saturated heterocycles. The molecular weight excluding hydrogens is 204 g/mol. The number of nitrogens with zero attached hydrogens (tertiary/aromatic N) is 2. The summed E-state index contributed by atoms with van der Waals surface area (Å²) >= 11 is 0. The number of hydrogen-bond donors (Lipinski definition) is 1. The van der Waals surface area contributed by atoms with Crippen LogP contribution in [0.4, 0.5) is 0 Å². The summed E-state index contributed by atoms with van der Waals surface area (Å²) < 4.78 is 5.32. The Kier molecular flexibility index (Phi) is 3.61. The Balaban J connectivity index is 2.16. The van der Waals surface area contributed by atoms with E-state index in [-0.39, 0.29) is 6.61 Å². The molecule has 1 aliphatic rings. The molecule has 0 aliphatic carbocycles. The summed E-state index contributed by atoms with van der Waals surface area (Å²) in [6.45, 7) is 5.50. The van der Waals surface area contributed by atoms with E-state index in [1.165, 1.54) is 12.8 Å². The van der Waals surface area contributed by atoms with Crippen LogP contribution in [0.15, 0.2) is 10.6 Å². The van der Waals surface area contributed by atoms with Crippen LogP contribution in [0.25, 0.3) is 0 Å². The van der Waals surface area contributed by atoms with Crippen molar-refractivity contribution in [3.05, 3.63) is 17.5 Å². The van der Waals surface area contributed by atoms with E-state index in [0.717, 1.165) is 18.7 Å². The summed E-state index contributed by atoms with van der Waals surface area (Å²) in [7, 11) is 0. The topological polar surface area (TPSA) is 49.5 Å². The standard InChI is InChI=1S/C12H20N2O2/c1-9(2)14-6-4-3-5-11(14)12-7-10(8-15)13-16-12/h7,9,11,15H,3-6,8H2,1-2H3. The van der Waals surface area contributed by atoms with Crippen molar-refractivity contribution >= 4 is 0 Å². The molecule has 4 heteroatoms. The van der Waals surface area contributed by atoms with Gasteiger partial charge in [-0.2, -0.15) is 0 Å². The summed E-state index contributed by atoms with van der Waals surface area (Å²) in [4.78, 5) is 2.45. The van der Waals surface area contributed by atoms with Crippen LogP contribution in [-0.4, -0.2) is 27.7 Å². The third-order valence-electron chi connectivity index (χ3n) is 3.28. The molecular formula is C12H20N2O2. The average molecular weight is 224 g/mol. The van der Waals surface area contributed by atoms with E-state index >= 15 is 0 Å². The monoisotopic (exact) mass is 224 g/mol. The van der Waals surface area contributed by atoms with Crippen molar-refractivity contribution in [2.75, 3.05) is 6.54 Å². The second-order valence-corrected chi connectivity index (χ2v) is 4.72. The van der Waals surface area contributed by atoms with E-state index in [1.54, 1.807) is 0 Å². The summed E-state index contributed by atoms with van der Waals surface area (Å²) in [5.74, 6) is 0.900. The largest absolute Gasteiger partial charge is 0.390 e. The maximum Gasteiger partial charge on any atom is 0.154 e. The highest BCUT2D eigenvalue weighted by Crippen LogP contribution is 2.32. The molecule has 0 bridgehead atoms. The molecule has 1 fully saturated rings. The quantitative estimate of drug-likeness (QED) is 0.854. The zero-order valence-electron chi connectivity index (χ0n) is 10.0. The second kappa shape index (κ2) is 4.97. The fourth-order valence-electron chi connectivity index (χ4n) is 2.44. The van der Waals surface area contributed by atoms with Crippen molar-refractivity contribution in [2.24, 2.45) is 0 Å². The van der Waals surface area contributed by atoms with Gasteiger partial charge < -0.3 is 9.63 Å². The molecule has 0 spiro atoms. The van der Waals surface area contributed by atoms with Gasteiger partial charge in [0.25, 0.3) is 0 Å². The van der Waals surface area contributed by atoms with Gasteiger partial charge in [0.05, 0.1) is 12.6 Å². The predicted molar refractivity (Wildman–Crippen MR) is 60.9 cm³/mol. The molecule has 1 aromatic rings. The minimum absolute atomic E-state index is 0.0438. The Hall–Kier alpha value is -0.870. The fourth-order valence-corrected chi connectivity index (χ4v) is 2.44. The Bertz CT molecular complexity index is 336. The van der Waals surface area contributed by atoms with Crippen LogP contribution in [-0.2, 0) is 6.61 Å². The molecule has 2 heterocycles. The minimum atomic E-state index is -0.0438. The van der Waals surface area contributed by atoms with Crippen LogP contribution in [0.3, 0.4) is 0 Å². The number of aromatic nitrogens is 1. The maximum absolute atomic E-state index is 8.99. The number of piperidine rings is 1. The first kappa shape index (κ1) is 11.6. The fraction of sp³-hybridized carbons (Fsp3) is 0.750. The van der Waals surface area contributed by atoms with Gasteiger partial charge in [0.2, 0.25) is 0 Å². The summed E-state index contributed by atoms with van der Waals surface area (Å²) in [5.41, 5.74) is 0.629. The molecule has 1 N–H and O–H groups in total. The smallest absolute Gasteiger partial charge is 0.154 e. The lowest BCUT2D eigenvalue weighted by Crippen LogP contribution is -2.38.